The summed E-state index contributed by atoms with van der Waals surface area (Å²) in [6.45, 7) is 2.01. The fourth-order valence-electron chi connectivity index (χ4n) is 2.88. The van der Waals surface area contributed by atoms with Gasteiger partial charge in [-0.15, -0.1) is 0 Å². The summed E-state index contributed by atoms with van der Waals surface area (Å²) in [4.78, 5) is 9.90. The van der Waals surface area contributed by atoms with Crippen LogP contribution in [0, 0.1) is 19.1 Å². The van der Waals surface area contributed by atoms with Crippen molar-refractivity contribution in [2.45, 2.75) is 6.92 Å². The van der Waals surface area contributed by atoms with E-state index in [1.54, 1.807) is 0 Å². The Bertz CT molecular complexity index is 978. The van der Waals surface area contributed by atoms with Gasteiger partial charge in [-0.3, -0.25) is 0 Å². The average molecular weight is 320 g/mol. The second kappa shape index (κ2) is 6.59. The van der Waals surface area contributed by atoms with Gasteiger partial charge in [-0.2, -0.15) is 0 Å². The van der Waals surface area contributed by atoms with Crippen molar-refractivity contribution in [3.05, 3.63) is 96.7 Å². The van der Waals surface area contributed by atoms with E-state index in [2.05, 4.69) is 36.4 Å². The molecule has 0 unspecified atom stereocenters. The van der Waals surface area contributed by atoms with Gasteiger partial charge in [-0.1, -0.05) is 72.8 Å². The first kappa shape index (κ1) is 15.1. The number of hydrogen-bond acceptors (Lipinski definition) is 2. The van der Waals surface area contributed by atoms with Gasteiger partial charge < -0.3 is 0 Å². The molecule has 0 fully saturated rings. The number of aromatic nitrogens is 2. The van der Waals surface area contributed by atoms with Crippen LogP contribution in [0.2, 0.25) is 0 Å². The van der Waals surface area contributed by atoms with Gasteiger partial charge in [-0.05, 0) is 25.1 Å². The molecule has 0 atom stereocenters. The van der Waals surface area contributed by atoms with Crippen molar-refractivity contribution in [3.63, 3.8) is 0 Å². The van der Waals surface area contributed by atoms with Crippen molar-refractivity contribution < 1.29 is 0 Å². The highest BCUT2D eigenvalue weighted by atomic mass is 14.8. The Morgan fingerprint density at radius 1 is 0.600 bits per heavy atom. The zero-order valence-electron chi connectivity index (χ0n) is 13.9. The van der Waals surface area contributed by atoms with E-state index in [1.807, 2.05) is 61.5 Å². The van der Waals surface area contributed by atoms with Gasteiger partial charge >= 0.3 is 0 Å². The van der Waals surface area contributed by atoms with E-state index in [0.29, 0.717) is 0 Å². The molecule has 4 rings (SSSR count). The minimum absolute atomic E-state index is 0.869. The van der Waals surface area contributed by atoms with Crippen LogP contribution in [-0.2, 0) is 0 Å². The molecule has 0 saturated carbocycles. The summed E-state index contributed by atoms with van der Waals surface area (Å²) in [6, 6.07) is 32.1. The molecule has 2 nitrogen and oxygen atoms in total. The second-order valence-electron chi connectivity index (χ2n) is 5.81. The van der Waals surface area contributed by atoms with Crippen LogP contribution in [0.4, 0.5) is 0 Å². The quantitative estimate of drug-likeness (QED) is 0.506. The van der Waals surface area contributed by atoms with Crippen LogP contribution in [0.3, 0.4) is 0 Å². The standard InChI is InChI=1S/C23H16N2/c1-17-21(18-11-5-2-6-12-18)25-23(20-15-9-4-10-16-20)22(24-17)19-13-7-3-8-14-19/h2,4-7,9-16H,1H3. The number of aryl methyl sites for hydroxylation is 1. The van der Waals surface area contributed by atoms with Crippen LogP contribution in [0.25, 0.3) is 33.8 Å². The molecule has 0 N–H and O–H groups in total. The van der Waals surface area contributed by atoms with E-state index < -0.39 is 0 Å². The zero-order valence-corrected chi connectivity index (χ0v) is 13.9. The first-order chi connectivity index (χ1) is 12.3. The zero-order chi connectivity index (χ0) is 17.1. The highest BCUT2D eigenvalue weighted by Crippen LogP contribution is 2.32. The van der Waals surface area contributed by atoms with Crippen molar-refractivity contribution in [2.75, 3.05) is 0 Å². The molecule has 118 valence electrons. The minimum Gasteiger partial charge on any atom is -0.249 e. The molecule has 0 spiro atoms. The fraction of sp³-hybridized carbons (Fsp3) is 0.0435. The van der Waals surface area contributed by atoms with E-state index in [4.69, 9.17) is 9.97 Å². The monoisotopic (exact) mass is 320 g/mol. The lowest BCUT2D eigenvalue weighted by atomic mass is 10.0. The summed E-state index contributed by atoms with van der Waals surface area (Å²) < 4.78 is 0. The maximum atomic E-state index is 5.00. The number of hydrogen-bond donors (Lipinski definition) is 0. The summed E-state index contributed by atoms with van der Waals surface area (Å²) in [5.74, 6) is 0. The SMILES string of the molecule is Cc1nc(-c2cc#ccc2)c(-c2ccccc2)nc1-c1ccccc1. The summed E-state index contributed by atoms with van der Waals surface area (Å²) in [7, 11) is 0. The van der Waals surface area contributed by atoms with Gasteiger partial charge in [0.2, 0.25) is 0 Å². The van der Waals surface area contributed by atoms with Crippen LogP contribution in [0.15, 0.2) is 78.9 Å². The van der Waals surface area contributed by atoms with Gasteiger partial charge in [0.05, 0.1) is 22.8 Å². The lowest BCUT2D eigenvalue weighted by molar-refractivity contribution is 1.13. The molecule has 2 heteroatoms. The third kappa shape index (κ3) is 3.00. The molecular weight excluding hydrogens is 304 g/mol. The molecule has 0 aliphatic carbocycles. The molecule has 1 aromatic heterocycles. The Labute approximate surface area is 147 Å². The summed E-state index contributed by atoms with van der Waals surface area (Å²) in [6.07, 6.45) is 0. The van der Waals surface area contributed by atoms with Gasteiger partial charge in [0.15, 0.2) is 0 Å². The maximum Gasteiger partial charge on any atom is 0.0975 e. The predicted molar refractivity (Wildman–Crippen MR) is 101 cm³/mol. The van der Waals surface area contributed by atoms with Crippen LogP contribution in [-0.4, -0.2) is 9.97 Å². The van der Waals surface area contributed by atoms with Crippen molar-refractivity contribution >= 4 is 0 Å². The topological polar surface area (TPSA) is 25.8 Å². The summed E-state index contributed by atoms with van der Waals surface area (Å²) in [5, 5.41) is 0. The maximum absolute atomic E-state index is 5.00. The van der Waals surface area contributed by atoms with Crippen molar-refractivity contribution in [1.82, 2.24) is 9.97 Å². The summed E-state index contributed by atoms with van der Waals surface area (Å²) in [5.41, 5.74) is 6.69. The van der Waals surface area contributed by atoms with E-state index >= 15 is 0 Å². The van der Waals surface area contributed by atoms with E-state index in [1.165, 1.54) is 0 Å². The van der Waals surface area contributed by atoms with E-state index in [-0.39, 0.29) is 0 Å². The molecule has 0 amide bonds. The van der Waals surface area contributed by atoms with Crippen LogP contribution in [0.5, 0.6) is 0 Å². The fourth-order valence-corrected chi connectivity index (χ4v) is 2.88. The molecule has 0 aliphatic rings. The predicted octanol–water partition coefficient (Wildman–Crippen LogP) is 5.39. The van der Waals surface area contributed by atoms with Crippen molar-refractivity contribution in [1.29, 1.82) is 0 Å². The Morgan fingerprint density at radius 2 is 1.20 bits per heavy atom. The van der Waals surface area contributed by atoms with Gasteiger partial charge in [0.1, 0.15) is 0 Å². The average Bonchev–Trinajstić information content (AvgIpc) is 2.70. The van der Waals surface area contributed by atoms with Crippen molar-refractivity contribution in [3.8, 4) is 33.8 Å². The summed E-state index contributed by atoms with van der Waals surface area (Å²) >= 11 is 0. The third-order valence-electron chi connectivity index (χ3n) is 4.10. The number of benzene rings is 2. The molecular formula is C23H16N2. The number of nitrogens with zero attached hydrogens (tertiary/aromatic N) is 2. The lowest BCUT2D eigenvalue weighted by Gasteiger charge is -2.13. The van der Waals surface area contributed by atoms with Crippen LogP contribution in [0.1, 0.15) is 5.69 Å². The molecule has 0 bridgehead atoms. The molecule has 0 radical (unpaired) electrons. The first-order valence-corrected chi connectivity index (χ1v) is 8.20. The third-order valence-corrected chi connectivity index (χ3v) is 4.10. The second-order valence-corrected chi connectivity index (χ2v) is 5.81. The van der Waals surface area contributed by atoms with Crippen molar-refractivity contribution in [2.24, 2.45) is 0 Å². The lowest BCUT2D eigenvalue weighted by Crippen LogP contribution is -2.00. The normalized spacial score (nSPS) is 10.3. The van der Waals surface area contributed by atoms with Gasteiger partial charge in [-0.25, -0.2) is 9.97 Å². The smallest absolute Gasteiger partial charge is 0.0975 e. The molecule has 25 heavy (non-hydrogen) atoms. The molecule has 3 aromatic carbocycles. The van der Waals surface area contributed by atoms with Gasteiger partial charge in [0.25, 0.3) is 0 Å². The molecule has 1 heterocycles. The van der Waals surface area contributed by atoms with E-state index in [0.717, 1.165) is 39.5 Å². The Kier molecular flexibility index (Phi) is 3.98. The Morgan fingerprint density at radius 3 is 1.80 bits per heavy atom. The first-order valence-electron chi connectivity index (χ1n) is 8.20. The Balaban J connectivity index is 1.98. The minimum atomic E-state index is 0.869. The molecule has 0 saturated heterocycles. The highest BCUT2D eigenvalue weighted by molar-refractivity contribution is 5.80. The van der Waals surface area contributed by atoms with Gasteiger partial charge in [0, 0.05) is 16.7 Å². The molecule has 4 aromatic rings. The van der Waals surface area contributed by atoms with Crippen LogP contribution >= 0.6 is 0 Å². The Hall–Kier alpha value is -3.44. The molecule has 0 aliphatic heterocycles. The van der Waals surface area contributed by atoms with Crippen LogP contribution < -0.4 is 0 Å². The number of rotatable bonds is 3. The largest absolute Gasteiger partial charge is 0.249 e. The van der Waals surface area contributed by atoms with E-state index in [9.17, 15) is 0 Å². The highest BCUT2D eigenvalue weighted by Gasteiger charge is 2.15.